The van der Waals surface area contributed by atoms with Gasteiger partial charge in [-0.2, -0.15) is 5.10 Å². The fraction of sp³-hybridized carbons (Fsp3) is 0.150. The highest BCUT2D eigenvalue weighted by Gasteiger charge is 2.17. The first-order valence-corrected chi connectivity index (χ1v) is 10.4. The number of hydrogen-bond acceptors (Lipinski definition) is 6. The second kappa shape index (κ2) is 7.95. The molecule has 0 unspecified atom stereocenters. The molecule has 3 aromatic rings. The van der Waals surface area contributed by atoms with Crippen molar-refractivity contribution in [2.24, 2.45) is 10.1 Å². The normalized spacial score (nSPS) is 14.0. The Morgan fingerprint density at radius 2 is 2.29 bits per heavy atom. The molecule has 1 aliphatic heterocycles. The summed E-state index contributed by atoms with van der Waals surface area (Å²) < 4.78 is 7.27. The summed E-state index contributed by atoms with van der Waals surface area (Å²) in [6.07, 6.45) is 1.82. The molecular formula is C20H18N4O2S2. The van der Waals surface area contributed by atoms with E-state index in [9.17, 15) is 4.79 Å². The van der Waals surface area contributed by atoms with Crippen LogP contribution in [0, 0.1) is 0 Å². The number of fused-ring (bicyclic) bond motifs is 1. The topological polar surface area (TPSA) is 68.0 Å². The Hall–Kier alpha value is -2.97. The number of amides is 1. The Balaban J connectivity index is 1.78. The molecule has 0 saturated carbocycles. The molecule has 8 heteroatoms. The average Bonchev–Trinajstić information content (AvgIpc) is 3.33. The predicted molar refractivity (Wildman–Crippen MR) is 114 cm³/mol. The quantitative estimate of drug-likeness (QED) is 0.511. The Kier molecular flexibility index (Phi) is 5.23. The molecule has 0 atom stereocenters. The number of carbonyl (C=O) groups excluding carboxylic acids is 1. The van der Waals surface area contributed by atoms with E-state index in [1.54, 1.807) is 11.3 Å². The molecule has 4 rings (SSSR count). The van der Waals surface area contributed by atoms with E-state index in [4.69, 9.17) is 4.74 Å². The molecule has 142 valence electrons. The zero-order valence-corrected chi connectivity index (χ0v) is 16.8. The van der Waals surface area contributed by atoms with Gasteiger partial charge in [0.15, 0.2) is 6.61 Å². The summed E-state index contributed by atoms with van der Waals surface area (Å²) in [6.45, 7) is 6.45. The van der Waals surface area contributed by atoms with Crippen molar-refractivity contribution in [2.45, 2.75) is 6.92 Å². The van der Waals surface area contributed by atoms with Crippen molar-refractivity contribution in [3.8, 4) is 17.0 Å². The summed E-state index contributed by atoms with van der Waals surface area (Å²) in [7, 11) is 0. The van der Waals surface area contributed by atoms with Crippen LogP contribution in [0.3, 0.4) is 0 Å². The number of carbonyl (C=O) groups is 1. The third-order valence-electron chi connectivity index (χ3n) is 3.92. The lowest BCUT2D eigenvalue weighted by molar-refractivity contribution is -0.118. The van der Waals surface area contributed by atoms with Gasteiger partial charge in [0.25, 0.3) is 5.91 Å². The second-order valence-corrected chi connectivity index (χ2v) is 8.11. The lowest BCUT2D eigenvalue weighted by Crippen LogP contribution is -2.25. The molecule has 1 aliphatic rings. The molecule has 3 heterocycles. The number of rotatable bonds is 5. The maximum Gasteiger partial charge on any atom is 0.262 e. The fourth-order valence-corrected chi connectivity index (χ4v) is 4.06. The average molecular weight is 411 g/mol. The monoisotopic (exact) mass is 410 g/mol. The highest BCUT2D eigenvalue weighted by molar-refractivity contribution is 7.11. The molecule has 6 nitrogen and oxygen atoms in total. The third-order valence-corrected chi connectivity index (χ3v) is 5.58. The number of benzene rings is 1. The van der Waals surface area contributed by atoms with Crippen molar-refractivity contribution in [1.29, 1.82) is 0 Å². The molecule has 2 aromatic heterocycles. The van der Waals surface area contributed by atoms with Crippen LogP contribution in [0.2, 0.25) is 0 Å². The number of aromatic nitrogens is 1. The molecule has 0 fully saturated rings. The predicted octanol–water partition coefficient (Wildman–Crippen LogP) is 3.97. The van der Waals surface area contributed by atoms with E-state index in [1.807, 2.05) is 58.9 Å². The van der Waals surface area contributed by atoms with Crippen LogP contribution in [-0.4, -0.2) is 29.9 Å². The number of nitrogens with one attached hydrogen (secondary N) is 1. The Bertz CT molecular complexity index is 1120. The van der Waals surface area contributed by atoms with Gasteiger partial charge in [0.05, 0.1) is 24.1 Å². The Morgan fingerprint density at radius 3 is 3.07 bits per heavy atom. The molecule has 1 N–H and O–H groups in total. The van der Waals surface area contributed by atoms with Crippen LogP contribution in [0.25, 0.3) is 11.3 Å². The van der Waals surface area contributed by atoms with Gasteiger partial charge in [0.2, 0.25) is 4.80 Å². The highest BCUT2D eigenvalue weighted by Crippen LogP contribution is 2.32. The molecule has 1 aromatic carbocycles. The van der Waals surface area contributed by atoms with Gasteiger partial charge in [-0.05, 0) is 36.6 Å². The minimum atomic E-state index is -0.157. The van der Waals surface area contributed by atoms with E-state index in [-0.39, 0.29) is 12.5 Å². The summed E-state index contributed by atoms with van der Waals surface area (Å²) >= 11 is 3.14. The Labute approximate surface area is 170 Å². The summed E-state index contributed by atoms with van der Waals surface area (Å²) in [6, 6.07) is 9.72. The summed E-state index contributed by atoms with van der Waals surface area (Å²) in [4.78, 5) is 18.1. The van der Waals surface area contributed by atoms with E-state index in [0.717, 1.165) is 26.5 Å². The van der Waals surface area contributed by atoms with Gasteiger partial charge in [-0.3, -0.25) is 9.79 Å². The molecule has 28 heavy (non-hydrogen) atoms. The van der Waals surface area contributed by atoms with Gasteiger partial charge in [-0.1, -0.05) is 18.2 Å². The second-order valence-electron chi connectivity index (χ2n) is 6.30. The van der Waals surface area contributed by atoms with E-state index in [1.165, 1.54) is 11.3 Å². The smallest absolute Gasteiger partial charge is 0.262 e. The van der Waals surface area contributed by atoms with E-state index < -0.39 is 0 Å². The lowest BCUT2D eigenvalue weighted by Gasteiger charge is -2.18. The minimum Gasteiger partial charge on any atom is -0.482 e. The van der Waals surface area contributed by atoms with Crippen LogP contribution in [0.5, 0.6) is 5.75 Å². The van der Waals surface area contributed by atoms with Crippen molar-refractivity contribution in [1.82, 2.24) is 4.68 Å². The summed E-state index contributed by atoms with van der Waals surface area (Å²) in [5, 5.41) is 11.5. The molecule has 0 spiro atoms. The Morgan fingerprint density at radius 1 is 1.39 bits per heavy atom. The van der Waals surface area contributed by atoms with Gasteiger partial charge >= 0.3 is 0 Å². The van der Waals surface area contributed by atoms with Crippen molar-refractivity contribution in [3.05, 3.63) is 62.9 Å². The third kappa shape index (κ3) is 3.97. The van der Waals surface area contributed by atoms with Crippen LogP contribution in [0.4, 0.5) is 5.69 Å². The van der Waals surface area contributed by atoms with E-state index in [2.05, 4.69) is 22.0 Å². The first-order valence-electron chi connectivity index (χ1n) is 8.60. The first kappa shape index (κ1) is 18.4. The van der Waals surface area contributed by atoms with Crippen molar-refractivity contribution in [3.63, 3.8) is 0 Å². The molecule has 0 bridgehead atoms. The standard InChI is InChI=1S/C20H18N4O2S2/c1-13(2)9-21-20-24(22-10-15-4-3-7-27-15)17(12-28-20)14-5-6-18-16(8-14)23-19(25)11-26-18/h3-8,10,12H,1,9,11H2,2H3,(H,23,25). The maximum absolute atomic E-state index is 11.6. The van der Waals surface area contributed by atoms with Gasteiger partial charge in [0.1, 0.15) is 5.75 Å². The van der Waals surface area contributed by atoms with Crippen molar-refractivity contribution in [2.75, 3.05) is 18.5 Å². The number of thiophene rings is 1. The van der Waals surface area contributed by atoms with Crippen LogP contribution in [0.1, 0.15) is 11.8 Å². The van der Waals surface area contributed by atoms with Gasteiger partial charge in [-0.15, -0.1) is 22.7 Å². The molecule has 0 aliphatic carbocycles. The van der Waals surface area contributed by atoms with E-state index >= 15 is 0 Å². The van der Waals surface area contributed by atoms with Crippen LogP contribution < -0.4 is 14.9 Å². The van der Waals surface area contributed by atoms with E-state index in [0.29, 0.717) is 18.0 Å². The summed E-state index contributed by atoms with van der Waals surface area (Å²) in [5.74, 6) is 0.509. The van der Waals surface area contributed by atoms with Crippen molar-refractivity contribution < 1.29 is 9.53 Å². The van der Waals surface area contributed by atoms with Crippen LogP contribution in [-0.2, 0) is 4.79 Å². The van der Waals surface area contributed by atoms with Gasteiger partial charge in [-0.25, -0.2) is 4.68 Å². The fourth-order valence-electron chi connectivity index (χ4n) is 2.64. The van der Waals surface area contributed by atoms with Crippen molar-refractivity contribution >= 4 is 40.5 Å². The number of nitrogens with zero attached hydrogens (tertiary/aromatic N) is 3. The maximum atomic E-state index is 11.6. The zero-order chi connectivity index (χ0) is 19.5. The van der Waals surface area contributed by atoms with Gasteiger partial charge < -0.3 is 10.1 Å². The molecular weight excluding hydrogens is 392 g/mol. The summed E-state index contributed by atoms with van der Waals surface area (Å²) in [5.41, 5.74) is 3.45. The zero-order valence-electron chi connectivity index (χ0n) is 15.2. The van der Waals surface area contributed by atoms with Gasteiger partial charge in [0, 0.05) is 15.8 Å². The molecule has 0 saturated heterocycles. The SMILES string of the molecule is C=C(C)CN=c1scc(-c2ccc3c(c2)NC(=O)CO3)n1N=Cc1cccs1. The first-order chi connectivity index (χ1) is 13.6. The lowest BCUT2D eigenvalue weighted by atomic mass is 10.1. The minimum absolute atomic E-state index is 0.0415. The number of anilines is 1. The largest absolute Gasteiger partial charge is 0.482 e. The van der Waals surface area contributed by atoms with Crippen LogP contribution in [0.15, 0.2) is 63.3 Å². The van der Waals surface area contributed by atoms with Crippen LogP contribution >= 0.6 is 22.7 Å². The molecule has 1 amide bonds. The highest BCUT2D eigenvalue weighted by atomic mass is 32.1. The number of hydrogen-bond donors (Lipinski definition) is 1. The number of ether oxygens (including phenoxy) is 1. The molecule has 0 radical (unpaired) electrons. The number of thiazole rings is 1.